The first-order valence-electron chi connectivity index (χ1n) is 9.97. The Hall–Kier alpha value is -3.15. The minimum atomic E-state index is -0.483. The molecule has 0 saturated heterocycles. The van der Waals surface area contributed by atoms with Gasteiger partial charge in [0.2, 0.25) is 5.91 Å². The number of nitrogens with zero attached hydrogens (tertiary/aromatic N) is 1. The van der Waals surface area contributed by atoms with Crippen LogP contribution in [-0.4, -0.2) is 10.5 Å². The number of halogens is 3. The lowest BCUT2D eigenvalue weighted by atomic mass is 10.0. The summed E-state index contributed by atoms with van der Waals surface area (Å²) in [6.45, 7) is 0.421. The van der Waals surface area contributed by atoms with Crippen molar-refractivity contribution in [2.24, 2.45) is 5.73 Å². The van der Waals surface area contributed by atoms with Gasteiger partial charge in [0.15, 0.2) is 0 Å². The predicted molar refractivity (Wildman–Crippen MR) is 132 cm³/mol. The zero-order chi connectivity index (χ0) is 22.4. The summed E-state index contributed by atoms with van der Waals surface area (Å²) < 4.78 is 16.9. The molecule has 5 rings (SSSR count). The van der Waals surface area contributed by atoms with Crippen LogP contribution in [0.3, 0.4) is 0 Å². The van der Waals surface area contributed by atoms with E-state index >= 15 is 0 Å². The van der Waals surface area contributed by atoms with Gasteiger partial charge in [0.1, 0.15) is 5.82 Å². The number of carbonyl (C=O) groups is 1. The van der Waals surface area contributed by atoms with Crippen molar-refractivity contribution in [3.05, 3.63) is 105 Å². The van der Waals surface area contributed by atoms with E-state index in [1.54, 1.807) is 12.1 Å². The molecule has 0 aliphatic rings. The van der Waals surface area contributed by atoms with Gasteiger partial charge in [-0.1, -0.05) is 57.9 Å². The molecule has 0 fully saturated rings. The molecule has 0 unspecified atom stereocenters. The van der Waals surface area contributed by atoms with E-state index in [0.29, 0.717) is 17.1 Å². The van der Waals surface area contributed by atoms with Crippen molar-refractivity contribution in [3.63, 3.8) is 0 Å². The van der Waals surface area contributed by atoms with Gasteiger partial charge in [-0.3, -0.25) is 4.79 Å². The summed E-state index contributed by atoms with van der Waals surface area (Å²) in [5.41, 5.74) is 10.8. The third kappa shape index (κ3) is 3.57. The third-order valence-electron chi connectivity index (χ3n) is 5.67. The lowest BCUT2D eigenvalue weighted by molar-refractivity contribution is 0.100. The highest BCUT2D eigenvalue weighted by Gasteiger charge is 2.18. The van der Waals surface area contributed by atoms with Crippen molar-refractivity contribution < 1.29 is 9.18 Å². The Kier molecular flexibility index (Phi) is 5.24. The molecule has 3 nitrogen and oxygen atoms in total. The van der Waals surface area contributed by atoms with E-state index < -0.39 is 5.91 Å². The molecule has 0 radical (unpaired) electrons. The fraction of sp³-hybridized carbons (Fsp3) is 0.0385. The Bertz CT molecular complexity index is 1510. The summed E-state index contributed by atoms with van der Waals surface area (Å²) in [5.74, 6) is -0.785. The average molecular weight is 508 g/mol. The van der Waals surface area contributed by atoms with Gasteiger partial charge in [-0.15, -0.1) is 0 Å². The first-order chi connectivity index (χ1) is 15.4. The molecule has 5 aromatic rings. The van der Waals surface area contributed by atoms with Crippen LogP contribution in [0.15, 0.2) is 83.3 Å². The van der Waals surface area contributed by atoms with Gasteiger partial charge in [0.05, 0.1) is 11.0 Å². The molecule has 158 valence electrons. The summed E-state index contributed by atoms with van der Waals surface area (Å²) in [6, 6.07) is 23.9. The van der Waals surface area contributed by atoms with E-state index in [4.69, 9.17) is 17.3 Å². The van der Waals surface area contributed by atoms with Crippen LogP contribution in [-0.2, 0) is 6.54 Å². The number of amides is 1. The topological polar surface area (TPSA) is 48.0 Å². The molecule has 6 heteroatoms. The van der Waals surface area contributed by atoms with Crippen LogP contribution in [0.4, 0.5) is 4.39 Å². The first kappa shape index (κ1) is 20.7. The number of aromatic nitrogens is 1. The number of benzene rings is 4. The van der Waals surface area contributed by atoms with Crippen LogP contribution in [0.25, 0.3) is 32.9 Å². The van der Waals surface area contributed by atoms with E-state index in [9.17, 15) is 9.18 Å². The molecule has 2 N–H and O–H groups in total. The molecular formula is C26H17BrClFN2O. The van der Waals surface area contributed by atoms with E-state index in [2.05, 4.69) is 26.6 Å². The highest BCUT2D eigenvalue weighted by Crippen LogP contribution is 2.36. The minimum Gasteiger partial charge on any atom is -0.366 e. The van der Waals surface area contributed by atoms with Crippen molar-refractivity contribution in [1.29, 1.82) is 0 Å². The van der Waals surface area contributed by atoms with Gasteiger partial charge < -0.3 is 10.3 Å². The fourth-order valence-corrected chi connectivity index (χ4v) is 4.67. The summed E-state index contributed by atoms with van der Waals surface area (Å²) in [5, 5.41) is 2.39. The average Bonchev–Trinajstić information content (AvgIpc) is 3.09. The SMILES string of the molecule is NC(=O)c1cccc2c1c1ccc(-c3ccc(Cl)cc3)cc1n2Cc1cc(F)ccc1Br. The van der Waals surface area contributed by atoms with E-state index in [1.807, 2.05) is 48.5 Å². The van der Waals surface area contributed by atoms with Gasteiger partial charge >= 0.3 is 0 Å². The number of rotatable bonds is 4. The Balaban J connectivity index is 1.81. The molecule has 32 heavy (non-hydrogen) atoms. The van der Waals surface area contributed by atoms with E-state index in [0.717, 1.165) is 43.0 Å². The van der Waals surface area contributed by atoms with Crippen molar-refractivity contribution in [3.8, 4) is 11.1 Å². The Morgan fingerprint density at radius 1 is 0.938 bits per heavy atom. The van der Waals surface area contributed by atoms with Crippen LogP contribution >= 0.6 is 27.5 Å². The zero-order valence-electron chi connectivity index (χ0n) is 16.8. The number of fused-ring (bicyclic) bond motifs is 3. The van der Waals surface area contributed by atoms with E-state index in [1.165, 1.54) is 12.1 Å². The first-order valence-corrected chi connectivity index (χ1v) is 11.1. The van der Waals surface area contributed by atoms with Crippen LogP contribution in [0.2, 0.25) is 5.02 Å². The van der Waals surface area contributed by atoms with Gasteiger partial charge in [-0.05, 0) is 65.2 Å². The third-order valence-corrected chi connectivity index (χ3v) is 6.70. The van der Waals surface area contributed by atoms with Crippen LogP contribution in [0.5, 0.6) is 0 Å². The number of hydrogen-bond acceptors (Lipinski definition) is 1. The van der Waals surface area contributed by atoms with Crippen LogP contribution < -0.4 is 5.73 Å². The summed E-state index contributed by atoms with van der Waals surface area (Å²) in [4.78, 5) is 12.2. The molecule has 0 atom stereocenters. The lowest BCUT2D eigenvalue weighted by Gasteiger charge is -2.11. The predicted octanol–water partition coefficient (Wildman–Crippen LogP) is 7.16. The molecule has 1 aromatic heterocycles. The van der Waals surface area contributed by atoms with Crippen molar-refractivity contribution in [2.75, 3.05) is 0 Å². The zero-order valence-corrected chi connectivity index (χ0v) is 19.1. The maximum Gasteiger partial charge on any atom is 0.249 e. The fourth-order valence-electron chi connectivity index (χ4n) is 4.18. The normalized spacial score (nSPS) is 11.3. The molecule has 4 aromatic carbocycles. The van der Waals surface area contributed by atoms with Gasteiger partial charge in [0.25, 0.3) is 0 Å². The molecule has 0 saturated carbocycles. The van der Waals surface area contributed by atoms with Crippen molar-refractivity contribution in [1.82, 2.24) is 4.57 Å². The second-order valence-corrected chi connectivity index (χ2v) is 8.92. The van der Waals surface area contributed by atoms with Crippen LogP contribution in [0.1, 0.15) is 15.9 Å². The number of carbonyl (C=O) groups excluding carboxylic acids is 1. The quantitative estimate of drug-likeness (QED) is 0.275. The van der Waals surface area contributed by atoms with Crippen LogP contribution in [0, 0.1) is 5.82 Å². The number of hydrogen-bond donors (Lipinski definition) is 1. The Morgan fingerprint density at radius 2 is 1.69 bits per heavy atom. The standard InChI is InChI=1S/C26H17BrClFN2O/c27-22-11-9-19(29)12-17(22)14-31-23-3-1-2-21(26(30)32)25(23)20-10-6-16(13-24(20)31)15-4-7-18(28)8-5-15/h1-13H,14H2,(H2,30,32). The highest BCUT2D eigenvalue weighted by molar-refractivity contribution is 9.10. The second-order valence-electron chi connectivity index (χ2n) is 7.62. The molecule has 1 heterocycles. The van der Waals surface area contributed by atoms with Gasteiger partial charge in [-0.25, -0.2) is 4.39 Å². The Labute approximate surface area is 197 Å². The highest BCUT2D eigenvalue weighted by atomic mass is 79.9. The Morgan fingerprint density at radius 3 is 2.44 bits per heavy atom. The summed E-state index contributed by atoms with van der Waals surface area (Å²) in [6.07, 6.45) is 0. The minimum absolute atomic E-state index is 0.302. The van der Waals surface area contributed by atoms with E-state index in [-0.39, 0.29) is 5.82 Å². The second kappa shape index (κ2) is 8.08. The van der Waals surface area contributed by atoms with Crippen molar-refractivity contribution >= 4 is 55.2 Å². The van der Waals surface area contributed by atoms with Crippen molar-refractivity contribution in [2.45, 2.75) is 6.54 Å². The van der Waals surface area contributed by atoms with Gasteiger partial charge in [0, 0.05) is 32.4 Å². The monoisotopic (exact) mass is 506 g/mol. The maximum atomic E-state index is 14.0. The molecule has 0 aliphatic carbocycles. The number of nitrogens with two attached hydrogens (primary N) is 1. The molecule has 0 bridgehead atoms. The number of primary amides is 1. The molecule has 1 amide bonds. The maximum absolute atomic E-state index is 14.0. The lowest BCUT2D eigenvalue weighted by Crippen LogP contribution is -2.11. The molecule has 0 spiro atoms. The molecular weight excluding hydrogens is 491 g/mol. The summed E-state index contributed by atoms with van der Waals surface area (Å²) >= 11 is 9.59. The smallest absolute Gasteiger partial charge is 0.249 e. The molecule has 0 aliphatic heterocycles. The van der Waals surface area contributed by atoms with Gasteiger partial charge in [-0.2, -0.15) is 0 Å². The largest absolute Gasteiger partial charge is 0.366 e. The summed E-state index contributed by atoms with van der Waals surface area (Å²) in [7, 11) is 0.